The third kappa shape index (κ3) is 8.03. The third-order valence-electron chi connectivity index (χ3n) is 6.21. The van der Waals surface area contributed by atoms with Crippen LogP contribution in [0, 0.1) is 0 Å². The lowest BCUT2D eigenvalue weighted by Crippen LogP contribution is -2.21. The van der Waals surface area contributed by atoms with E-state index in [0.717, 1.165) is 35.8 Å². The van der Waals surface area contributed by atoms with Crippen LogP contribution in [0.25, 0.3) is 0 Å². The molecule has 0 radical (unpaired) electrons. The van der Waals surface area contributed by atoms with Crippen LogP contribution < -0.4 is 15.0 Å². The standard InChI is InChI=1S/C27H24F3N7O3S/c28-27(29,30)40-21-6-3-4-17(12-21)13-24(39)32-22-7-8-23(34-33-22)37-11-9-18(16-37)26-36-35-25(41-26)15-20(38)14-19-5-1-2-10-31-19/h1-8,10,12,18H,9,11,13-16H2,(H,32,33,39). The maximum atomic E-state index is 12.4. The number of amides is 1. The van der Waals surface area contributed by atoms with Crippen LogP contribution in [0.2, 0.25) is 0 Å². The van der Waals surface area contributed by atoms with Gasteiger partial charge in [0.05, 0.1) is 12.8 Å². The maximum Gasteiger partial charge on any atom is 0.573 e. The lowest BCUT2D eigenvalue weighted by Gasteiger charge is -2.16. The summed E-state index contributed by atoms with van der Waals surface area (Å²) in [7, 11) is 0. The van der Waals surface area contributed by atoms with Gasteiger partial charge in [-0.2, -0.15) is 0 Å². The largest absolute Gasteiger partial charge is 0.573 e. The number of benzene rings is 1. The number of carbonyl (C=O) groups excluding carboxylic acids is 2. The quantitative estimate of drug-likeness (QED) is 0.293. The minimum atomic E-state index is -4.81. The van der Waals surface area contributed by atoms with Gasteiger partial charge in [0.25, 0.3) is 0 Å². The first-order valence-corrected chi connectivity index (χ1v) is 13.5. The zero-order valence-corrected chi connectivity index (χ0v) is 22.4. The zero-order valence-electron chi connectivity index (χ0n) is 21.5. The van der Waals surface area contributed by atoms with Crippen LogP contribution in [0.15, 0.2) is 60.8 Å². The summed E-state index contributed by atoms with van der Waals surface area (Å²) in [6, 6.07) is 14.1. The molecule has 1 amide bonds. The molecule has 4 aromatic rings. The van der Waals surface area contributed by atoms with Gasteiger partial charge in [0.2, 0.25) is 5.91 Å². The highest BCUT2D eigenvalue weighted by molar-refractivity contribution is 7.11. The lowest BCUT2D eigenvalue weighted by molar-refractivity contribution is -0.274. The van der Waals surface area contributed by atoms with Crippen molar-refractivity contribution in [1.82, 2.24) is 25.4 Å². The first kappa shape index (κ1) is 28.1. The number of nitrogens with one attached hydrogen (secondary N) is 1. The molecule has 10 nitrogen and oxygen atoms in total. The van der Waals surface area contributed by atoms with Crippen LogP contribution >= 0.6 is 11.3 Å². The van der Waals surface area contributed by atoms with Gasteiger partial charge in [0.15, 0.2) is 11.6 Å². The molecule has 5 rings (SSSR count). The number of pyridine rings is 1. The van der Waals surface area contributed by atoms with E-state index in [2.05, 4.69) is 40.3 Å². The van der Waals surface area contributed by atoms with Gasteiger partial charge in [-0.15, -0.1) is 44.9 Å². The van der Waals surface area contributed by atoms with Crippen molar-refractivity contribution in [3.63, 3.8) is 0 Å². The Morgan fingerprint density at radius 2 is 1.88 bits per heavy atom. The third-order valence-corrected chi connectivity index (χ3v) is 7.30. The first-order chi connectivity index (χ1) is 19.7. The highest BCUT2D eigenvalue weighted by atomic mass is 32.1. The molecule has 0 saturated carbocycles. The minimum Gasteiger partial charge on any atom is -0.406 e. The number of carbonyl (C=O) groups is 2. The molecule has 41 heavy (non-hydrogen) atoms. The number of Topliss-reactive ketones (excluding diaryl/α,β-unsaturated/α-hetero) is 1. The second-order valence-electron chi connectivity index (χ2n) is 9.38. The average Bonchev–Trinajstić information content (AvgIpc) is 3.59. The van der Waals surface area contributed by atoms with Gasteiger partial charge in [-0.3, -0.25) is 14.6 Å². The maximum absolute atomic E-state index is 12.4. The van der Waals surface area contributed by atoms with Gasteiger partial charge >= 0.3 is 6.36 Å². The molecular formula is C27H24F3N7O3S. The molecule has 1 aliphatic heterocycles. The van der Waals surface area contributed by atoms with E-state index in [1.54, 1.807) is 24.4 Å². The molecule has 4 heterocycles. The van der Waals surface area contributed by atoms with Crippen molar-refractivity contribution < 1.29 is 27.5 Å². The number of alkyl halides is 3. The molecule has 1 fully saturated rings. The summed E-state index contributed by atoms with van der Waals surface area (Å²) in [5.41, 5.74) is 1.08. The first-order valence-electron chi connectivity index (χ1n) is 12.7. The summed E-state index contributed by atoms with van der Waals surface area (Å²) >= 11 is 1.44. The van der Waals surface area contributed by atoms with Crippen LogP contribution in [0.3, 0.4) is 0 Å². The van der Waals surface area contributed by atoms with Crippen molar-refractivity contribution in [2.75, 3.05) is 23.3 Å². The Hall–Kier alpha value is -4.46. The van der Waals surface area contributed by atoms with Gasteiger partial charge in [0.1, 0.15) is 21.5 Å². The second kappa shape index (κ2) is 12.4. The van der Waals surface area contributed by atoms with Gasteiger partial charge in [-0.05, 0) is 48.4 Å². The smallest absolute Gasteiger partial charge is 0.406 e. The molecule has 0 aliphatic carbocycles. The summed E-state index contributed by atoms with van der Waals surface area (Å²) < 4.78 is 41.2. The van der Waals surface area contributed by atoms with Gasteiger partial charge < -0.3 is 15.0 Å². The predicted molar refractivity (Wildman–Crippen MR) is 144 cm³/mol. The number of anilines is 2. The van der Waals surface area contributed by atoms with E-state index in [-0.39, 0.29) is 36.8 Å². The number of ketones is 1. The Kier molecular flexibility index (Phi) is 8.47. The van der Waals surface area contributed by atoms with E-state index in [1.165, 1.54) is 23.5 Å². The van der Waals surface area contributed by atoms with Crippen LogP contribution in [0.5, 0.6) is 5.75 Å². The number of hydrogen-bond donors (Lipinski definition) is 1. The highest BCUT2D eigenvalue weighted by Gasteiger charge is 2.31. The second-order valence-corrected chi connectivity index (χ2v) is 10.5. The molecule has 1 aliphatic rings. The number of hydrogen-bond acceptors (Lipinski definition) is 10. The molecule has 1 atom stereocenters. The summed E-state index contributed by atoms with van der Waals surface area (Å²) in [6.07, 6.45) is -1.99. The normalized spacial score (nSPS) is 15.1. The Morgan fingerprint density at radius 1 is 1.00 bits per heavy atom. The van der Waals surface area contributed by atoms with E-state index >= 15 is 0 Å². The fourth-order valence-electron chi connectivity index (χ4n) is 4.39. The molecule has 1 N–H and O–H groups in total. The minimum absolute atomic E-state index is 0.0332. The van der Waals surface area contributed by atoms with Gasteiger partial charge in [-0.25, -0.2) is 0 Å². The number of aromatic nitrogens is 5. The Labute approximate surface area is 236 Å². The molecule has 1 saturated heterocycles. The molecule has 14 heteroatoms. The summed E-state index contributed by atoms with van der Waals surface area (Å²) in [4.78, 5) is 31.0. The van der Waals surface area contributed by atoms with Crippen LogP contribution in [0.4, 0.5) is 24.8 Å². The lowest BCUT2D eigenvalue weighted by atomic mass is 10.1. The monoisotopic (exact) mass is 583 g/mol. The fourth-order valence-corrected chi connectivity index (χ4v) is 5.39. The van der Waals surface area contributed by atoms with E-state index < -0.39 is 18.0 Å². The molecule has 3 aromatic heterocycles. The van der Waals surface area contributed by atoms with Crippen LogP contribution in [0.1, 0.15) is 33.6 Å². The van der Waals surface area contributed by atoms with Gasteiger partial charge in [0, 0.05) is 37.3 Å². The Bertz CT molecular complexity index is 1500. The topological polar surface area (TPSA) is 123 Å². The number of ether oxygens (including phenoxy) is 1. The Balaban J connectivity index is 1.11. The average molecular weight is 584 g/mol. The van der Waals surface area contributed by atoms with Crippen molar-refractivity contribution in [3.05, 3.63) is 82.1 Å². The van der Waals surface area contributed by atoms with E-state index in [9.17, 15) is 22.8 Å². The van der Waals surface area contributed by atoms with Gasteiger partial charge in [-0.1, -0.05) is 18.2 Å². The molecular weight excluding hydrogens is 559 g/mol. The fraction of sp³-hybridized carbons (Fsp3) is 0.296. The molecule has 1 unspecified atom stereocenters. The molecule has 212 valence electrons. The van der Waals surface area contributed by atoms with Crippen LogP contribution in [-0.4, -0.2) is 56.5 Å². The molecule has 0 bridgehead atoms. The van der Waals surface area contributed by atoms with E-state index in [0.29, 0.717) is 22.9 Å². The number of halogens is 3. The predicted octanol–water partition coefficient (Wildman–Crippen LogP) is 4.15. The van der Waals surface area contributed by atoms with E-state index in [1.807, 2.05) is 12.1 Å². The summed E-state index contributed by atoms with van der Waals surface area (Å²) in [5, 5.41) is 21.0. The van der Waals surface area contributed by atoms with Crippen molar-refractivity contribution in [2.45, 2.75) is 38.0 Å². The Morgan fingerprint density at radius 3 is 2.63 bits per heavy atom. The number of rotatable bonds is 10. The highest BCUT2D eigenvalue weighted by Crippen LogP contribution is 2.32. The summed E-state index contributed by atoms with van der Waals surface area (Å²) in [5.74, 6) is 0.188. The SMILES string of the molecule is O=C(Cc1ccccn1)Cc1nnc(C2CCN(c3ccc(NC(=O)Cc4cccc(OC(F)(F)F)c4)nn3)C2)s1. The van der Waals surface area contributed by atoms with Crippen molar-refractivity contribution >= 4 is 34.7 Å². The van der Waals surface area contributed by atoms with E-state index in [4.69, 9.17) is 0 Å². The number of nitrogens with zero attached hydrogens (tertiary/aromatic N) is 6. The molecule has 1 aromatic carbocycles. The summed E-state index contributed by atoms with van der Waals surface area (Å²) in [6.45, 7) is 1.39. The zero-order chi connectivity index (χ0) is 28.8. The van der Waals surface area contributed by atoms with Crippen LogP contribution in [-0.2, 0) is 28.9 Å². The van der Waals surface area contributed by atoms with Crippen molar-refractivity contribution in [2.24, 2.45) is 0 Å². The van der Waals surface area contributed by atoms with Crippen molar-refractivity contribution in [3.8, 4) is 5.75 Å². The van der Waals surface area contributed by atoms with Crippen molar-refractivity contribution in [1.29, 1.82) is 0 Å². The molecule has 0 spiro atoms.